The zero-order chi connectivity index (χ0) is 14.7. The number of hydrogen-bond acceptors (Lipinski definition) is 3. The quantitative estimate of drug-likeness (QED) is 0.856. The van der Waals surface area contributed by atoms with E-state index in [9.17, 15) is 4.79 Å². The summed E-state index contributed by atoms with van der Waals surface area (Å²) in [6, 6.07) is 15.9. The molecule has 0 aromatic heterocycles. The maximum absolute atomic E-state index is 12.2. The third-order valence-corrected chi connectivity index (χ3v) is 4.73. The van der Waals surface area contributed by atoms with E-state index in [0.717, 1.165) is 17.7 Å². The second-order valence-corrected chi connectivity index (χ2v) is 6.35. The van der Waals surface area contributed by atoms with Gasteiger partial charge in [0, 0.05) is 16.3 Å². The molecule has 1 amide bonds. The van der Waals surface area contributed by atoms with Crippen LogP contribution in [0.5, 0.6) is 0 Å². The van der Waals surface area contributed by atoms with Gasteiger partial charge in [0.15, 0.2) is 0 Å². The van der Waals surface area contributed by atoms with E-state index in [2.05, 4.69) is 17.4 Å². The van der Waals surface area contributed by atoms with Gasteiger partial charge in [0.25, 0.3) is 0 Å². The molecule has 3 N–H and O–H groups in total. The van der Waals surface area contributed by atoms with E-state index in [1.807, 2.05) is 48.2 Å². The molecule has 0 fully saturated rings. The van der Waals surface area contributed by atoms with E-state index < -0.39 is 0 Å². The Kier molecular flexibility index (Phi) is 4.15. The molecule has 0 saturated carbocycles. The lowest BCUT2D eigenvalue weighted by Crippen LogP contribution is -2.31. The average molecular weight is 298 g/mol. The van der Waals surface area contributed by atoms with Gasteiger partial charge in [-0.05, 0) is 35.7 Å². The van der Waals surface area contributed by atoms with Crippen molar-refractivity contribution in [2.45, 2.75) is 23.8 Å². The van der Waals surface area contributed by atoms with Crippen LogP contribution in [-0.2, 0) is 11.2 Å². The Morgan fingerprint density at radius 1 is 1.24 bits per heavy atom. The SMILES string of the molecule is Nc1cccc(CC(=O)NC2CCSc3ccccc32)c1. The Morgan fingerprint density at radius 2 is 2.10 bits per heavy atom. The summed E-state index contributed by atoms with van der Waals surface area (Å²) in [7, 11) is 0. The van der Waals surface area contributed by atoms with Crippen molar-refractivity contribution in [3.05, 3.63) is 59.7 Å². The van der Waals surface area contributed by atoms with Gasteiger partial charge in [0.2, 0.25) is 5.91 Å². The minimum absolute atomic E-state index is 0.0484. The Balaban J connectivity index is 1.68. The van der Waals surface area contributed by atoms with Gasteiger partial charge in [0.05, 0.1) is 12.5 Å². The number of carbonyl (C=O) groups is 1. The number of fused-ring (bicyclic) bond motifs is 1. The van der Waals surface area contributed by atoms with Crippen LogP contribution in [0.15, 0.2) is 53.4 Å². The second kappa shape index (κ2) is 6.22. The van der Waals surface area contributed by atoms with Gasteiger partial charge in [-0.15, -0.1) is 11.8 Å². The fraction of sp³-hybridized carbons (Fsp3) is 0.235. The first kappa shape index (κ1) is 14.0. The summed E-state index contributed by atoms with van der Waals surface area (Å²) in [5.74, 6) is 1.09. The molecule has 0 radical (unpaired) electrons. The maximum atomic E-state index is 12.2. The molecule has 3 nitrogen and oxygen atoms in total. The molecule has 3 rings (SSSR count). The summed E-state index contributed by atoms with van der Waals surface area (Å²) in [4.78, 5) is 13.5. The molecular formula is C17H18N2OS. The van der Waals surface area contributed by atoms with Crippen molar-refractivity contribution >= 4 is 23.4 Å². The number of benzene rings is 2. The number of nitrogens with two attached hydrogens (primary N) is 1. The number of carbonyl (C=O) groups excluding carboxylic acids is 1. The van der Waals surface area contributed by atoms with Gasteiger partial charge >= 0.3 is 0 Å². The van der Waals surface area contributed by atoms with Gasteiger partial charge in [-0.3, -0.25) is 4.79 Å². The number of rotatable bonds is 3. The fourth-order valence-corrected chi connectivity index (χ4v) is 3.75. The first-order chi connectivity index (χ1) is 10.2. The number of nitrogen functional groups attached to an aromatic ring is 1. The molecule has 21 heavy (non-hydrogen) atoms. The molecule has 0 aliphatic carbocycles. The molecule has 1 atom stereocenters. The van der Waals surface area contributed by atoms with E-state index in [1.165, 1.54) is 10.5 Å². The molecule has 108 valence electrons. The smallest absolute Gasteiger partial charge is 0.224 e. The normalized spacial score (nSPS) is 17.0. The van der Waals surface area contributed by atoms with Crippen LogP contribution >= 0.6 is 11.8 Å². The van der Waals surface area contributed by atoms with Gasteiger partial charge in [0.1, 0.15) is 0 Å². The number of thioether (sulfide) groups is 1. The highest BCUT2D eigenvalue weighted by atomic mass is 32.2. The predicted molar refractivity (Wildman–Crippen MR) is 87.2 cm³/mol. The molecule has 0 saturated heterocycles. The minimum atomic E-state index is 0.0484. The zero-order valence-corrected chi connectivity index (χ0v) is 12.5. The molecule has 2 aromatic carbocycles. The monoisotopic (exact) mass is 298 g/mol. The van der Waals surface area contributed by atoms with Crippen LogP contribution in [0.25, 0.3) is 0 Å². The van der Waals surface area contributed by atoms with Gasteiger partial charge < -0.3 is 11.1 Å². The molecular weight excluding hydrogens is 280 g/mol. The number of amides is 1. The van der Waals surface area contributed by atoms with Crippen molar-refractivity contribution in [1.82, 2.24) is 5.32 Å². The van der Waals surface area contributed by atoms with Crippen LogP contribution in [0, 0.1) is 0 Å². The Hall–Kier alpha value is -1.94. The summed E-state index contributed by atoms with van der Waals surface area (Å²) in [6.07, 6.45) is 1.35. The van der Waals surface area contributed by atoms with Crippen molar-refractivity contribution < 1.29 is 4.79 Å². The standard InChI is InChI=1S/C17H18N2OS/c18-13-5-3-4-12(10-13)11-17(20)19-15-8-9-21-16-7-2-1-6-14(15)16/h1-7,10,15H,8-9,11,18H2,(H,19,20). The van der Waals surface area contributed by atoms with Gasteiger partial charge in [-0.25, -0.2) is 0 Å². The van der Waals surface area contributed by atoms with Crippen molar-refractivity contribution in [3.8, 4) is 0 Å². The van der Waals surface area contributed by atoms with Crippen molar-refractivity contribution in [2.24, 2.45) is 0 Å². The highest BCUT2D eigenvalue weighted by Gasteiger charge is 2.21. The lowest BCUT2D eigenvalue weighted by molar-refractivity contribution is -0.121. The third-order valence-electron chi connectivity index (χ3n) is 3.61. The largest absolute Gasteiger partial charge is 0.399 e. The minimum Gasteiger partial charge on any atom is -0.399 e. The van der Waals surface area contributed by atoms with Crippen LogP contribution < -0.4 is 11.1 Å². The molecule has 1 aliphatic heterocycles. The van der Waals surface area contributed by atoms with Crippen molar-refractivity contribution in [3.63, 3.8) is 0 Å². The van der Waals surface area contributed by atoms with E-state index in [-0.39, 0.29) is 11.9 Å². The molecule has 1 unspecified atom stereocenters. The summed E-state index contributed by atoms with van der Waals surface area (Å²) in [5, 5.41) is 3.15. The molecule has 0 spiro atoms. The summed E-state index contributed by atoms with van der Waals surface area (Å²) < 4.78 is 0. The number of anilines is 1. The van der Waals surface area contributed by atoms with E-state index in [4.69, 9.17) is 5.73 Å². The van der Waals surface area contributed by atoms with Crippen molar-refractivity contribution in [2.75, 3.05) is 11.5 Å². The maximum Gasteiger partial charge on any atom is 0.224 e. The summed E-state index contributed by atoms with van der Waals surface area (Å²) in [6.45, 7) is 0. The fourth-order valence-electron chi connectivity index (χ4n) is 2.63. The first-order valence-corrected chi connectivity index (χ1v) is 8.06. The molecule has 1 aliphatic rings. The highest BCUT2D eigenvalue weighted by Crippen LogP contribution is 2.35. The third kappa shape index (κ3) is 3.39. The highest BCUT2D eigenvalue weighted by molar-refractivity contribution is 7.99. The van der Waals surface area contributed by atoms with E-state index in [0.29, 0.717) is 12.1 Å². The predicted octanol–water partition coefficient (Wildman–Crippen LogP) is 3.16. The van der Waals surface area contributed by atoms with Crippen molar-refractivity contribution in [1.29, 1.82) is 0 Å². The molecule has 1 heterocycles. The Bertz CT molecular complexity index is 657. The van der Waals surface area contributed by atoms with Crippen LogP contribution in [0.1, 0.15) is 23.6 Å². The summed E-state index contributed by atoms with van der Waals surface area (Å²) >= 11 is 1.86. The van der Waals surface area contributed by atoms with Crippen LogP contribution in [0.3, 0.4) is 0 Å². The second-order valence-electron chi connectivity index (χ2n) is 5.22. The Morgan fingerprint density at radius 3 is 2.95 bits per heavy atom. The topological polar surface area (TPSA) is 55.1 Å². The van der Waals surface area contributed by atoms with Gasteiger partial charge in [-0.2, -0.15) is 0 Å². The van der Waals surface area contributed by atoms with E-state index >= 15 is 0 Å². The van der Waals surface area contributed by atoms with Crippen LogP contribution in [-0.4, -0.2) is 11.7 Å². The summed E-state index contributed by atoms with van der Waals surface area (Å²) in [5.41, 5.74) is 8.62. The van der Waals surface area contributed by atoms with Crippen LogP contribution in [0.4, 0.5) is 5.69 Å². The number of hydrogen-bond donors (Lipinski definition) is 2. The lowest BCUT2D eigenvalue weighted by atomic mass is 10.0. The van der Waals surface area contributed by atoms with Gasteiger partial charge in [-0.1, -0.05) is 30.3 Å². The average Bonchev–Trinajstić information content (AvgIpc) is 2.47. The lowest BCUT2D eigenvalue weighted by Gasteiger charge is -2.25. The van der Waals surface area contributed by atoms with E-state index in [1.54, 1.807) is 0 Å². The molecule has 2 aromatic rings. The first-order valence-electron chi connectivity index (χ1n) is 7.08. The van der Waals surface area contributed by atoms with Crippen LogP contribution in [0.2, 0.25) is 0 Å². The zero-order valence-electron chi connectivity index (χ0n) is 11.7. The Labute approximate surface area is 128 Å². The number of nitrogens with one attached hydrogen (secondary N) is 1. The molecule has 4 heteroatoms. The molecule has 0 bridgehead atoms.